The molecule has 0 aliphatic heterocycles. The fourth-order valence-electron chi connectivity index (χ4n) is 1.46. The van der Waals surface area contributed by atoms with Gasteiger partial charge >= 0.3 is 97.4 Å². The van der Waals surface area contributed by atoms with Gasteiger partial charge in [0.25, 0.3) is 0 Å². The molecule has 0 bridgehead atoms. The summed E-state index contributed by atoms with van der Waals surface area (Å²) in [5.41, 5.74) is 2.81. The quantitative estimate of drug-likeness (QED) is 0.725. The molecule has 0 heterocycles. The number of rotatable bonds is 2. The first kappa shape index (κ1) is 10.5. The molecule has 0 radical (unpaired) electrons. The Labute approximate surface area is 97.5 Å². The van der Waals surface area contributed by atoms with Gasteiger partial charge in [-0.2, -0.15) is 0 Å². The standard InChI is InChI=1S/C14H14Se/c1-11-7-3-5-9-13(11)15-14-10-6-4-8-12(14)2/h3-10H,1-2H3. The van der Waals surface area contributed by atoms with Crippen molar-refractivity contribution in [2.45, 2.75) is 13.8 Å². The fourth-order valence-corrected chi connectivity index (χ4v) is 3.53. The SMILES string of the molecule is Cc1ccccc1[Se]c1ccccc1C. The van der Waals surface area contributed by atoms with E-state index in [2.05, 4.69) is 62.4 Å². The Balaban J connectivity index is 2.30. The molecular weight excluding hydrogens is 247 g/mol. The van der Waals surface area contributed by atoms with E-state index in [-0.39, 0.29) is 0 Å². The molecule has 2 rings (SSSR count). The summed E-state index contributed by atoms with van der Waals surface area (Å²) in [6.07, 6.45) is 0. The second-order valence-electron chi connectivity index (χ2n) is 3.63. The van der Waals surface area contributed by atoms with Crippen molar-refractivity contribution in [3.63, 3.8) is 0 Å². The molecule has 0 nitrogen and oxygen atoms in total. The third-order valence-electron chi connectivity index (χ3n) is 2.41. The summed E-state index contributed by atoms with van der Waals surface area (Å²) in [4.78, 5) is 0. The van der Waals surface area contributed by atoms with Crippen LogP contribution in [0.4, 0.5) is 0 Å². The van der Waals surface area contributed by atoms with E-state index >= 15 is 0 Å². The van der Waals surface area contributed by atoms with E-state index in [1.807, 2.05) is 0 Å². The van der Waals surface area contributed by atoms with Crippen molar-refractivity contribution in [1.82, 2.24) is 0 Å². The minimum atomic E-state index is 0.441. The summed E-state index contributed by atoms with van der Waals surface area (Å²) in [6.45, 7) is 4.38. The maximum atomic E-state index is 2.24. The van der Waals surface area contributed by atoms with E-state index in [0.717, 1.165) is 0 Å². The van der Waals surface area contributed by atoms with Crippen LogP contribution in [-0.4, -0.2) is 15.0 Å². The zero-order valence-corrected chi connectivity index (χ0v) is 10.7. The van der Waals surface area contributed by atoms with Crippen molar-refractivity contribution in [2.24, 2.45) is 0 Å². The Kier molecular flexibility index (Phi) is 3.25. The van der Waals surface area contributed by atoms with Crippen LogP contribution in [0.3, 0.4) is 0 Å². The van der Waals surface area contributed by atoms with Crippen molar-refractivity contribution >= 4 is 23.9 Å². The summed E-state index contributed by atoms with van der Waals surface area (Å²) in [6, 6.07) is 17.3. The van der Waals surface area contributed by atoms with E-state index in [1.54, 1.807) is 0 Å². The van der Waals surface area contributed by atoms with E-state index in [0.29, 0.717) is 15.0 Å². The maximum absolute atomic E-state index is 2.24. The van der Waals surface area contributed by atoms with Gasteiger partial charge in [-0.15, -0.1) is 0 Å². The first-order chi connectivity index (χ1) is 7.27. The molecule has 0 N–H and O–H groups in total. The Morgan fingerprint density at radius 2 is 1.07 bits per heavy atom. The van der Waals surface area contributed by atoms with Crippen molar-refractivity contribution in [3.8, 4) is 0 Å². The van der Waals surface area contributed by atoms with Gasteiger partial charge in [0.05, 0.1) is 0 Å². The normalized spacial score (nSPS) is 10.3. The fraction of sp³-hybridized carbons (Fsp3) is 0.143. The van der Waals surface area contributed by atoms with Gasteiger partial charge < -0.3 is 0 Å². The van der Waals surface area contributed by atoms with E-state index in [9.17, 15) is 0 Å². The topological polar surface area (TPSA) is 0 Å². The summed E-state index contributed by atoms with van der Waals surface area (Å²) >= 11 is 0.441. The van der Waals surface area contributed by atoms with Crippen LogP contribution in [0, 0.1) is 13.8 Å². The predicted molar refractivity (Wildman–Crippen MR) is 67.4 cm³/mol. The Morgan fingerprint density at radius 3 is 1.47 bits per heavy atom. The Bertz CT molecular complexity index is 417. The van der Waals surface area contributed by atoms with Gasteiger partial charge in [0, 0.05) is 0 Å². The van der Waals surface area contributed by atoms with Crippen LogP contribution in [0.25, 0.3) is 0 Å². The van der Waals surface area contributed by atoms with Gasteiger partial charge in [-0.25, -0.2) is 0 Å². The molecule has 0 saturated carbocycles. The average Bonchev–Trinajstić information content (AvgIpc) is 2.24. The van der Waals surface area contributed by atoms with Gasteiger partial charge in [-0.3, -0.25) is 0 Å². The van der Waals surface area contributed by atoms with Crippen LogP contribution >= 0.6 is 0 Å². The summed E-state index contributed by atoms with van der Waals surface area (Å²) in [7, 11) is 0. The van der Waals surface area contributed by atoms with Gasteiger partial charge in [0.1, 0.15) is 0 Å². The Hall–Kier alpha value is -1.04. The van der Waals surface area contributed by atoms with Crippen LogP contribution in [0.2, 0.25) is 0 Å². The number of hydrogen-bond acceptors (Lipinski definition) is 0. The van der Waals surface area contributed by atoms with Gasteiger partial charge in [0.15, 0.2) is 0 Å². The molecule has 76 valence electrons. The third kappa shape index (κ3) is 2.50. The molecule has 0 saturated heterocycles. The summed E-state index contributed by atoms with van der Waals surface area (Å²) in [5.74, 6) is 0. The van der Waals surface area contributed by atoms with Crippen molar-refractivity contribution in [2.75, 3.05) is 0 Å². The molecule has 0 aliphatic carbocycles. The molecule has 0 atom stereocenters. The molecule has 0 aliphatic rings. The van der Waals surface area contributed by atoms with Crippen molar-refractivity contribution in [1.29, 1.82) is 0 Å². The zero-order chi connectivity index (χ0) is 10.7. The summed E-state index contributed by atoms with van der Waals surface area (Å²) < 4.78 is 2.97. The molecule has 0 spiro atoms. The molecule has 2 aromatic rings. The predicted octanol–water partition coefficient (Wildman–Crippen LogP) is 1.96. The number of aryl methyl sites for hydroxylation is 2. The second kappa shape index (κ2) is 4.65. The Morgan fingerprint density at radius 1 is 0.667 bits per heavy atom. The van der Waals surface area contributed by atoms with Gasteiger partial charge in [-0.1, -0.05) is 0 Å². The molecule has 15 heavy (non-hydrogen) atoms. The van der Waals surface area contributed by atoms with Crippen LogP contribution in [0.5, 0.6) is 0 Å². The van der Waals surface area contributed by atoms with Gasteiger partial charge in [-0.05, 0) is 0 Å². The molecule has 0 amide bonds. The van der Waals surface area contributed by atoms with Crippen LogP contribution in [0.15, 0.2) is 48.5 Å². The van der Waals surface area contributed by atoms with Gasteiger partial charge in [0.2, 0.25) is 0 Å². The summed E-state index contributed by atoms with van der Waals surface area (Å²) in [5, 5.41) is 0. The monoisotopic (exact) mass is 262 g/mol. The van der Waals surface area contributed by atoms with Crippen molar-refractivity contribution in [3.05, 3.63) is 59.7 Å². The number of benzene rings is 2. The molecule has 0 aromatic heterocycles. The first-order valence-electron chi connectivity index (χ1n) is 5.06. The minimum absolute atomic E-state index is 0.441. The van der Waals surface area contributed by atoms with E-state index in [4.69, 9.17) is 0 Å². The zero-order valence-electron chi connectivity index (χ0n) is 9.03. The molecule has 1 heteroatoms. The second-order valence-corrected chi connectivity index (χ2v) is 5.91. The third-order valence-corrected chi connectivity index (χ3v) is 5.25. The number of hydrogen-bond donors (Lipinski definition) is 0. The molecule has 2 aromatic carbocycles. The van der Waals surface area contributed by atoms with Crippen molar-refractivity contribution < 1.29 is 0 Å². The molecule has 0 fully saturated rings. The van der Waals surface area contributed by atoms with Crippen LogP contribution in [-0.2, 0) is 0 Å². The van der Waals surface area contributed by atoms with Crippen LogP contribution in [0.1, 0.15) is 11.1 Å². The molecule has 0 unspecified atom stereocenters. The first-order valence-corrected chi connectivity index (χ1v) is 6.78. The van der Waals surface area contributed by atoms with E-state index in [1.165, 1.54) is 20.1 Å². The van der Waals surface area contributed by atoms with E-state index < -0.39 is 0 Å². The van der Waals surface area contributed by atoms with Crippen LogP contribution < -0.4 is 8.92 Å². The average molecular weight is 261 g/mol. The molecular formula is C14H14Se.